The van der Waals surface area contributed by atoms with Crippen LogP contribution in [-0.2, 0) is 0 Å². The Labute approximate surface area is 110 Å². The highest BCUT2D eigenvalue weighted by Gasteiger charge is 2.13. The average Bonchev–Trinajstić information content (AvgIpc) is 2.30. The minimum atomic E-state index is -0.709. The molecule has 2 nitrogen and oxygen atoms in total. The second kappa shape index (κ2) is 4.86. The first-order valence-corrected chi connectivity index (χ1v) is 5.76. The summed E-state index contributed by atoms with van der Waals surface area (Å²) in [4.78, 5) is 12.0. The third-order valence-electron chi connectivity index (χ3n) is 2.33. The van der Waals surface area contributed by atoms with Crippen molar-refractivity contribution in [2.24, 2.45) is 0 Å². The molecule has 0 aliphatic rings. The molecule has 0 heterocycles. The van der Waals surface area contributed by atoms with Crippen molar-refractivity contribution in [1.82, 2.24) is 0 Å². The Balaban J connectivity index is 2.44. The molecular weight excluding hydrogens is 306 g/mol. The van der Waals surface area contributed by atoms with Gasteiger partial charge in [-0.1, -0.05) is 0 Å². The fourth-order valence-corrected chi connectivity index (χ4v) is 1.89. The predicted octanol–water partition coefficient (Wildman–Crippen LogP) is 3.66. The highest BCUT2D eigenvalue weighted by Crippen LogP contribution is 2.21. The molecule has 0 fully saturated rings. The van der Waals surface area contributed by atoms with Crippen LogP contribution in [-0.4, -0.2) is 10.9 Å². The third-order valence-corrected chi connectivity index (χ3v) is 2.93. The smallest absolute Gasteiger partial charge is 0.193 e. The summed E-state index contributed by atoms with van der Waals surface area (Å²) in [5.74, 6) is -2.03. The van der Waals surface area contributed by atoms with Gasteiger partial charge >= 0.3 is 0 Å². The van der Waals surface area contributed by atoms with Crippen molar-refractivity contribution >= 4 is 21.7 Å². The molecule has 1 N–H and O–H groups in total. The molecule has 2 aromatic rings. The van der Waals surface area contributed by atoms with Gasteiger partial charge in [-0.15, -0.1) is 0 Å². The van der Waals surface area contributed by atoms with E-state index >= 15 is 0 Å². The molecule has 0 atom stereocenters. The van der Waals surface area contributed by atoms with Crippen molar-refractivity contribution in [2.75, 3.05) is 0 Å². The van der Waals surface area contributed by atoms with Gasteiger partial charge in [-0.3, -0.25) is 4.79 Å². The zero-order valence-corrected chi connectivity index (χ0v) is 10.5. The van der Waals surface area contributed by atoms with Crippen LogP contribution in [0, 0.1) is 11.6 Å². The first-order valence-electron chi connectivity index (χ1n) is 4.96. The number of hydrogen-bond acceptors (Lipinski definition) is 2. The molecule has 5 heteroatoms. The molecule has 0 unspecified atom stereocenters. The van der Waals surface area contributed by atoms with Crippen molar-refractivity contribution in [3.63, 3.8) is 0 Å². The van der Waals surface area contributed by atoms with Crippen LogP contribution in [0.1, 0.15) is 15.9 Å². The number of phenols is 1. The maximum Gasteiger partial charge on any atom is 0.193 e. The van der Waals surface area contributed by atoms with Crippen molar-refractivity contribution in [1.29, 1.82) is 0 Å². The summed E-state index contributed by atoms with van der Waals surface area (Å²) in [6, 6.07) is 6.81. The van der Waals surface area contributed by atoms with Gasteiger partial charge in [0.25, 0.3) is 0 Å². The molecular formula is C13H7BrF2O2. The zero-order valence-electron chi connectivity index (χ0n) is 8.95. The minimum Gasteiger partial charge on any atom is -0.508 e. The SMILES string of the molecule is O=C(c1cc(O)cc(F)c1)c1ccc(F)c(Br)c1. The first kappa shape index (κ1) is 12.7. The molecule has 0 amide bonds. The van der Waals surface area contributed by atoms with Crippen LogP contribution in [0.5, 0.6) is 5.75 Å². The Bertz CT molecular complexity index is 606. The van der Waals surface area contributed by atoms with Gasteiger partial charge in [0.05, 0.1) is 4.47 Å². The van der Waals surface area contributed by atoms with Crippen LogP contribution in [0.15, 0.2) is 40.9 Å². The van der Waals surface area contributed by atoms with Gasteiger partial charge in [0.2, 0.25) is 0 Å². The predicted molar refractivity (Wildman–Crippen MR) is 65.6 cm³/mol. The van der Waals surface area contributed by atoms with E-state index in [4.69, 9.17) is 0 Å². The average molecular weight is 313 g/mol. The van der Waals surface area contributed by atoms with Crippen LogP contribution in [0.2, 0.25) is 0 Å². The van der Waals surface area contributed by atoms with Gasteiger partial charge in [-0.25, -0.2) is 8.78 Å². The summed E-state index contributed by atoms with van der Waals surface area (Å²) in [6.07, 6.45) is 0. The standard InChI is InChI=1S/C13H7BrF2O2/c14-11-5-7(1-2-12(11)16)13(18)8-3-9(15)6-10(17)4-8/h1-6,17H. The number of carbonyl (C=O) groups excluding carboxylic acids is 1. The lowest BCUT2D eigenvalue weighted by Crippen LogP contribution is -2.02. The fourth-order valence-electron chi connectivity index (χ4n) is 1.51. The van der Waals surface area contributed by atoms with Crippen LogP contribution in [0.3, 0.4) is 0 Å². The van der Waals surface area contributed by atoms with E-state index in [0.717, 1.165) is 24.3 Å². The summed E-state index contributed by atoms with van der Waals surface area (Å²) < 4.78 is 26.2. The Morgan fingerprint density at radius 3 is 2.39 bits per heavy atom. The van der Waals surface area contributed by atoms with E-state index in [-0.39, 0.29) is 21.3 Å². The van der Waals surface area contributed by atoms with Gasteiger partial charge in [0.15, 0.2) is 5.78 Å². The van der Waals surface area contributed by atoms with Crippen LogP contribution < -0.4 is 0 Å². The van der Waals surface area contributed by atoms with E-state index < -0.39 is 17.4 Å². The van der Waals surface area contributed by atoms with E-state index in [2.05, 4.69) is 15.9 Å². The number of carbonyl (C=O) groups is 1. The lowest BCUT2D eigenvalue weighted by molar-refractivity contribution is 0.103. The normalized spacial score (nSPS) is 10.4. The number of halogens is 3. The topological polar surface area (TPSA) is 37.3 Å². The molecule has 0 radical (unpaired) electrons. The van der Waals surface area contributed by atoms with E-state index in [1.807, 2.05) is 0 Å². The van der Waals surface area contributed by atoms with Gasteiger partial charge in [-0.05, 0) is 46.3 Å². The molecule has 18 heavy (non-hydrogen) atoms. The molecule has 0 spiro atoms. The Morgan fingerprint density at radius 2 is 1.78 bits per heavy atom. The van der Waals surface area contributed by atoms with E-state index in [0.29, 0.717) is 0 Å². The zero-order chi connectivity index (χ0) is 13.3. The second-order valence-corrected chi connectivity index (χ2v) is 4.51. The van der Waals surface area contributed by atoms with E-state index in [1.165, 1.54) is 12.1 Å². The highest BCUT2D eigenvalue weighted by molar-refractivity contribution is 9.10. The molecule has 2 aromatic carbocycles. The summed E-state index contributed by atoms with van der Waals surface area (Å²) in [7, 11) is 0. The maximum atomic E-state index is 13.1. The van der Waals surface area contributed by atoms with Gasteiger partial charge < -0.3 is 5.11 Å². The maximum absolute atomic E-state index is 13.1. The summed E-state index contributed by atoms with van der Waals surface area (Å²) >= 11 is 2.97. The molecule has 0 saturated heterocycles. The summed E-state index contributed by atoms with van der Waals surface area (Å²) in [6.45, 7) is 0. The minimum absolute atomic E-state index is 0.00556. The molecule has 0 aliphatic heterocycles. The Kier molecular flexibility index (Phi) is 3.43. The van der Waals surface area contributed by atoms with Gasteiger partial charge in [-0.2, -0.15) is 0 Å². The number of benzene rings is 2. The fraction of sp³-hybridized carbons (Fsp3) is 0. The number of aromatic hydroxyl groups is 1. The first-order chi connectivity index (χ1) is 8.47. The van der Waals surface area contributed by atoms with Crippen molar-refractivity contribution in [2.45, 2.75) is 0 Å². The molecule has 92 valence electrons. The summed E-state index contributed by atoms with van der Waals surface area (Å²) in [5, 5.41) is 9.23. The van der Waals surface area contributed by atoms with E-state index in [9.17, 15) is 18.7 Å². The lowest BCUT2D eigenvalue weighted by Gasteiger charge is -2.03. The van der Waals surface area contributed by atoms with Crippen LogP contribution >= 0.6 is 15.9 Å². The number of rotatable bonds is 2. The molecule has 0 aromatic heterocycles. The molecule has 0 bridgehead atoms. The molecule has 2 rings (SSSR count). The number of ketones is 1. The molecule has 0 aliphatic carbocycles. The van der Waals surface area contributed by atoms with Crippen molar-refractivity contribution < 1.29 is 18.7 Å². The number of hydrogen-bond donors (Lipinski definition) is 1. The monoisotopic (exact) mass is 312 g/mol. The Morgan fingerprint density at radius 1 is 1.06 bits per heavy atom. The van der Waals surface area contributed by atoms with Crippen LogP contribution in [0.4, 0.5) is 8.78 Å². The molecule has 0 saturated carbocycles. The van der Waals surface area contributed by atoms with Crippen molar-refractivity contribution in [3.8, 4) is 5.75 Å². The third kappa shape index (κ3) is 2.56. The summed E-state index contributed by atoms with van der Waals surface area (Å²) in [5.41, 5.74) is 0.208. The lowest BCUT2D eigenvalue weighted by atomic mass is 10.0. The van der Waals surface area contributed by atoms with Gasteiger partial charge in [0, 0.05) is 17.2 Å². The quantitative estimate of drug-likeness (QED) is 0.859. The van der Waals surface area contributed by atoms with Gasteiger partial charge in [0.1, 0.15) is 17.4 Å². The van der Waals surface area contributed by atoms with Crippen LogP contribution in [0.25, 0.3) is 0 Å². The number of phenolic OH excluding ortho intramolecular Hbond substituents is 1. The van der Waals surface area contributed by atoms with E-state index in [1.54, 1.807) is 0 Å². The van der Waals surface area contributed by atoms with Crippen molar-refractivity contribution in [3.05, 3.63) is 63.6 Å². The second-order valence-electron chi connectivity index (χ2n) is 3.66. The highest BCUT2D eigenvalue weighted by atomic mass is 79.9. The Hall–Kier alpha value is -1.75. The largest absolute Gasteiger partial charge is 0.508 e.